The largest absolute Gasteiger partial charge is 0.430 e. The maximum atomic E-state index is 12.4. The average Bonchev–Trinajstić information content (AvgIpc) is 3.03. The first kappa shape index (κ1) is 16.5. The molecule has 1 N–H and O–H groups in total. The van der Waals surface area contributed by atoms with Crippen molar-refractivity contribution in [1.29, 1.82) is 0 Å². The molecule has 0 saturated carbocycles. The second kappa shape index (κ2) is 7.97. The summed E-state index contributed by atoms with van der Waals surface area (Å²) in [7, 11) is 0. The predicted octanol–water partition coefficient (Wildman–Crippen LogP) is 3.45. The minimum Gasteiger partial charge on any atom is -0.430 e. The summed E-state index contributed by atoms with van der Waals surface area (Å²) in [5.74, 6) is 0.00801. The van der Waals surface area contributed by atoms with E-state index in [1.54, 1.807) is 12.3 Å². The lowest BCUT2D eigenvalue weighted by Gasteiger charge is -2.12. The molecule has 0 aliphatic heterocycles. The number of rotatable bonds is 7. The molecule has 3 rings (SSSR count). The Kier molecular flexibility index (Phi) is 5.48. The van der Waals surface area contributed by atoms with Crippen LogP contribution >= 0.6 is 11.8 Å². The molecule has 0 aliphatic carbocycles. The number of benzene rings is 1. The van der Waals surface area contributed by atoms with Crippen LogP contribution in [-0.2, 0) is 11.2 Å². The third kappa shape index (κ3) is 4.14. The topological polar surface area (TPSA) is 68.0 Å². The van der Waals surface area contributed by atoms with Crippen LogP contribution in [0.5, 0.6) is 0 Å². The molecule has 0 spiro atoms. The third-order valence-electron chi connectivity index (χ3n) is 3.61. The van der Waals surface area contributed by atoms with Crippen LogP contribution in [0.4, 0.5) is 0 Å². The van der Waals surface area contributed by atoms with Crippen molar-refractivity contribution in [2.45, 2.75) is 30.2 Å². The van der Waals surface area contributed by atoms with Gasteiger partial charge in [0.05, 0.1) is 5.25 Å². The molecule has 24 heavy (non-hydrogen) atoms. The Morgan fingerprint density at radius 3 is 2.83 bits per heavy atom. The highest BCUT2D eigenvalue weighted by Gasteiger charge is 2.20. The molecule has 0 unspecified atom stereocenters. The van der Waals surface area contributed by atoms with Gasteiger partial charge in [-0.2, -0.15) is 4.98 Å². The van der Waals surface area contributed by atoms with Gasteiger partial charge in [0.2, 0.25) is 5.91 Å². The van der Waals surface area contributed by atoms with E-state index >= 15 is 0 Å². The summed E-state index contributed by atoms with van der Waals surface area (Å²) in [5.41, 5.74) is 2.42. The van der Waals surface area contributed by atoms with Crippen molar-refractivity contribution in [2.75, 3.05) is 6.54 Å². The van der Waals surface area contributed by atoms with Crippen LogP contribution in [-0.4, -0.2) is 27.7 Å². The number of aromatic nitrogens is 2. The van der Waals surface area contributed by atoms with Crippen molar-refractivity contribution in [3.8, 4) is 0 Å². The van der Waals surface area contributed by atoms with E-state index in [-0.39, 0.29) is 11.2 Å². The molecule has 2 heterocycles. The van der Waals surface area contributed by atoms with E-state index in [1.165, 1.54) is 17.3 Å². The SMILES string of the molecule is CC[C@@H](Sc1nc2ncccc2o1)C(=O)NCCc1ccccc1. The van der Waals surface area contributed by atoms with Crippen LogP contribution in [0.25, 0.3) is 11.2 Å². The number of pyridine rings is 1. The summed E-state index contributed by atoms with van der Waals surface area (Å²) in [4.78, 5) is 20.8. The number of amides is 1. The van der Waals surface area contributed by atoms with Crippen molar-refractivity contribution in [2.24, 2.45) is 0 Å². The van der Waals surface area contributed by atoms with Gasteiger partial charge >= 0.3 is 0 Å². The molecule has 0 saturated heterocycles. The van der Waals surface area contributed by atoms with Crippen LogP contribution < -0.4 is 5.32 Å². The Balaban J connectivity index is 1.55. The number of nitrogens with one attached hydrogen (secondary N) is 1. The van der Waals surface area contributed by atoms with E-state index in [1.807, 2.05) is 31.2 Å². The van der Waals surface area contributed by atoms with Crippen LogP contribution in [0.15, 0.2) is 58.3 Å². The highest BCUT2D eigenvalue weighted by atomic mass is 32.2. The first-order valence-electron chi connectivity index (χ1n) is 7.96. The average molecular weight is 341 g/mol. The smallest absolute Gasteiger partial charge is 0.259 e. The summed E-state index contributed by atoms with van der Waals surface area (Å²) in [6.45, 7) is 2.60. The minimum absolute atomic E-state index is 0.00801. The molecule has 0 aliphatic rings. The van der Waals surface area contributed by atoms with E-state index in [9.17, 15) is 4.79 Å². The molecule has 2 aromatic heterocycles. The van der Waals surface area contributed by atoms with E-state index < -0.39 is 0 Å². The number of nitrogens with zero attached hydrogens (tertiary/aromatic N) is 2. The summed E-state index contributed by atoms with van der Waals surface area (Å²) in [6.07, 6.45) is 3.20. The van der Waals surface area contributed by atoms with Crippen LogP contribution in [0.1, 0.15) is 18.9 Å². The Morgan fingerprint density at radius 1 is 1.25 bits per heavy atom. The third-order valence-corrected chi connectivity index (χ3v) is 4.82. The van der Waals surface area contributed by atoms with Gasteiger partial charge in [0.15, 0.2) is 11.2 Å². The lowest BCUT2D eigenvalue weighted by Crippen LogP contribution is -2.33. The summed E-state index contributed by atoms with van der Waals surface area (Å²) < 4.78 is 5.63. The lowest BCUT2D eigenvalue weighted by molar-refractivity contribution is -0.120. The van der Waals surface area contributed by atoms with Crippen LogP contribution in [0.3, 0.4) is 0 Å². The predicted molar refractivity (Wildman–Crippen MR) is 94.9 cm³/mol. The van der Waals surface area contributed by atoms with Crippen molar-refractivity contribution < 1.29 is 9.21 Å². The molecule has 124 valence electrons. The number of carbonyl (C=O) groups excluding carboxylic acids is 1. The Hall–Kier alpha value is -2.34. The molecule has 1 aromatic carbocycles. The van der Waals surface area contributed by atoms with E-state index in [0.29, 0.717) is 29.4 Å². The van der Waals surface area contributed by atoms with E-state index in [2.05, 4.69) is 27.4 Å². The molecule has 1 atom stereocenters. The quantitative estimate of drug-likeness (QED) is 0.667. The minimum atomic E-state index is -0.228. The van der Waals surface area contributed by atoms with Gasteiger partial charge in [0.25, 0.3) is 5.22 Å². The van der Waals surface area contributed by atoms with Crippen LogP contribution in [0, 0.1) is 0 Å². The highest BCUT2D eigenvalue weighted by molar-refractivity contribution is 8.00. The number of hydrogen-bond donors (Lipinski definition) is 1. The molecular weight excluding hydrogens is 322 g/mol. The maximum absolute atomic E-state index is 12.4. The Morgan fingerprint density at radius 2 is 2.08 bits per heavy atom. The van der Waals surface area contributed by atoms with Gasteiger partial charge in [-0.25, -0.2) is 4.98 Å². The van der Waals surface area contributed by atoms with Crippen molar-refractivity contribution >= 4 is 28.9 Å². The Bertz CT molecular complexity index is 771. The zero-order valence-electron chi connectivity index (χ0n) is 13.4. The molecule has 5 nitrogen and oxygen atoms in total. The molecule has 0 radical (unpaired) electrons. The summed E-state index contributed by atoms with van der Waals surface area (Å²) >= 11 is 1.34. The summed E-state index contributed by atoms with van der Waals surface area (Å²) in [5, 5.41) is 3.24. The number of fused-ring (bicyclic) bond motifs is 1. The molecular formula is C18H19N3O2S. The number of carbonyl (C=O) groups is 1. The van der Waals surface area contributed by atoms with Crippen molar-refractivity contribution in [3.63, 3.8) is 0 Å². The fourth-order valence-corrected chi connectivity index (χ4v) is 3.21. The second-order valence-corrected chi connectivity index (χ2v) is 6.50. The molecule has 0 fully saturated rings. The highest BCUT2D eigenvalue weighted by Crippen LogP contribution is 2.27. The second-order valence-electron chi connectivity index (χ2n) is 5.35. The van der Waals surface area contributed by atoms with E-state index in [0.717, 1.165) is 6.42 Å². The fraction of sp³-hybridized carbons (Fsp3) is 0.278. The van der Waals surface area contributed by atoms with Crippen molar-refractivity contribution in [1.82, 2.24) is 15.3 Å². The van der Waals surface area contributed by atoms with Gasteiger partial charge in [-0.05, 0) is 30.5 Å². The first-order chi connectivity index (χ1) is 11.8. The monoisotopic (exact) mass is 341 g/mol. The van der Waals surface area contributed by atoms with Gasteiger partial charge in [-0.3, -0.25) is 4.79 Å². The van der Waals surface area contributed by atoms with Gasteiger partial charge < -0.3 is 9.73 Å². The molecule has 6 heteroatoms. The van der Waals surface area contributed by atoms with Gasteiger partial charge in [-0.15, -0.1) is 0 Å². The number of thioether (sulfide) groups is 1. The van der Waals surface area contributed by atoms with Gasteiger partial charge in [0.1, 0.15) is 0 Å². The molecule has 3 aromatic rings. The van der Waals surface area contributed by atoms with Crippen molar-refractivity contribution in [3.05, 3.63) is 54.2 Å². The molecule has 0 bridgehead atoms. The Labute approximate surface area is 144 Å². The lowest BCUT2D eigenvalue weighted by atomic mass is 10.1. The summed E-state index contributed by atoms with van der Waals surface area (Å²) in [6, 6.07) is 13.7. The molecule has 1 amide bonds. The van der Waals surface area contributed by atoms with Crippen LogP contribution in [0.2, 0.25) is 0 Å². The van der Waals surface area contributed by atoms with E-state index in [4.69, 9.17) is 4.42 Å². The zero-order valence-corrected chi connectivity index (χ0v) is 14.3. The number of hydrogen-bond acceptors (Lipinski definition) is 5. The zero-order chi connectivity index (χ0) is 16.8. The maximum Gasteiger partial charge on any atom is 0.259 e. The standard InChI is InChI=1S/C18H19N3O2S/c1-2-15(17(22)20-12-10-13-7-4-3-5-8-13)24-18-21-16-14(23-18)9-6-11-19-16/h3-9,11,15H,2,10,12H2,1H3,(H,20,22)/t15-/m1/s1. The van der Waals surface area contributed by atoms with Gasteiger partial charge in [0, 0.05) is 12.7 Å². The fourth-order valence-electron chi connectivity index (χ4n) is 2.33. The number of oxazole rings is 1. The normalized spacial score (nSPS) is 12.2. The first-order valence-corrected chi connectivity index (χ1v) is 8.84. The van der Waals surface area contributed by atoms with Gasteiger partial charge in [-0.1, -0.05) is 49.0 Å².